The molecule has 0 saturated heterocycles. The number of benzene rings is 2. The predicted molar refractivity (Wildman–Crippen MR) is 101 cm³/mol. The lowest BCUT2D eigenvalue weighted by atomic mass is 10.2. The van der Waals surface area contributed by atoms with Crippen LogP contribution in [0, 0.1) is 19.7 Å². The van der Waals surface area contributed by atoms with Gasteiger partial charge < -0.3 is 5.32 Å². The molecule has 0 spiro atoms. The Kier molecular flexibility index (Phi) is 4.90. The Hall–Kier alpha value is -2.93. The number of pyridine rings is 1. The van der Waals surface area contributed by atoms with E-state index >= 15 is 0 Å². The minimum absolute atomic E-state index is 0.0163. The highest BCUT2D eigenvalue weighted by atomic mass is 32.2. The minimum atomic E-state index is -3.84. The number of rotatable bonds is 5. The van der Waals surface area contributed by atoms with Crippen LogP contribution in [-0.2, 0) is 10.0 Å². The third-order valence-corrected chi connectivity index (χ3v) is 5.28. The molecule has 2 aromatic carbocycles. The van der Waals surface area contributed by atoms with Gasteiger partial charge in [0, 0.05) is 5.69 Å². The van der Waals surface area contributed by atoms with E-state index in [2.05, 4.69) is 15.0 Å². The summed E-state index contributed by atoms with van der Waals surface area (Å²) in [5.74, 6) is -0.297. The maximum atomic E-state index is 13.2. The molecule has 134 valence electrons. The Bertz CT molecular complexity index is 1020. The van der Waals surface area contributed by atoms with Gasteiger partial charge in [-0.1, -0.05) is 17.7 Å². The highest BCUT2D eigenvalue weighted by Crippen LogP contribution is 2.21. The highest BCUT2D eigenvalue weighted by molar-refractivity contribution is 7.92. The van der Waals surface area contributed by atoms with Crippen LogP contribution in [-0.4, -0.2) is 13.4 Å². The average Bonchev–Trinajstić information content (AvgIpc) is 2.58. The van der Waals surface area contributed by atoms with Crippen LogP contribution in [0.4, 0.5) is 21.6 Å². The van der Waals surface area contributed by atoms with E-state index in [1.165, 1.54) is 18.3 Å². The fraction of sp³-hybridized carbons (Fsp3) is 0.105. The van der Waals surface area contributed by atoms with Crippen molar-refractivity contribution in [3.8, 4) is 0 Å². The molecule has 3 aromatic rings. The second-order valence-electron chi connectivity index (χ2n) is 5.94. The fourth-order valence-electron chi connectivity index (χ4n) is 2.44. The van der Waals surface area contributed by atoms with Gasteiger partial charge in [0.05, 0.1) is 16.8 Å². The second-order valence-corrected chi connectivity index (χ2v) is 7.59. The van der Waals surface area contributed by atoms with Gasteiger partial charge in [-0.2, -0.15) is 0 Å². The van der Waals surface area contributed by atoms with E-state index in [1.54, 1.807) is 19.1 Å². The van der Waals surface area contributed by atoms with Crippen molar-refractivity contribution in [2.45, 2.75) is 18.7 Å². The zero-order valence-corrected chi connectivity index (χ0v) is 15.1. The Morgan fingerprint density at radius 2 is 1.62 bits per heavy atom. The molecule has 0 amide bonds. The third-order valence-electron chi connectivity index (χ3n) is 3.77. The van der Waals surface area contributed by atoms with Crippen molar-refractivity contribution in [2.24, 2.45) is 0 Å². The Balaban J connectivity index is 1.75. The predicted octanol–water partition coefficient (Wildman–Crippen LogP) is 4.38. The average molecular weight is 371 g/mol. The molecule has 1 heterocycles. The van der Waals surface area contributed by atoms with E-state index in [9.17, 15) is 12.8 Å². The summed E-state index contributed by atoms with van der Waals surface area (Å²) in [5.41, 5.74) is 3.13. The molecule has 0 atom stereocenters. The van der Waals surface area contributed by atoms with Crippen LogP contribution in [0.3, 0.4) is 0 Å². The third kappa shape index (κ3) is 4.18. The highest BCUT2D eigenvalue weighted by Gasteiger charge is 2.17. The summed E-state index contributed by atoms with van der Waals surface area (Å²) in [4.78, 5) is 4.14. The summed E-state index contributed by atoms with van der Waals surface area (Å²) in [6, 6.07) is 14.7. The van der Waals surface area contributed by atoms with Crippen LogP contribution in [0.1, 0.15) is 11.1 Å². The lowest BCUT2D eigenvalue weighted by Crippen LogP contribution is -2.15. The summed E-state index contributed by atoms with van der Waals surface area (Å²) >= 11 is 0. The molecule has 5 nitrogen and oxygen atoms in total. The molecule has 0 radical (unpaired) electrons. The monoisotopic (exact) mass is 371 g/mol. The standard InChI is InChI=1S/C19H18FN3O2S/c1-13-3-6-16(7-4-13)22-17-8-10-19(21-12-17)23-26(24,25)18-9-5-15(20)11-14(18)2/h3-12,22H,1-2H3,(H,21,23). The Labute approximate surface area is 152 Å². The molecule has 2 N–H and O–H groups in total. The van der Waals surface area contributed by atoms with Gasteiger partial charge in [-0.25, -0.2) is 17.8 Å². The van der Waals surface area contributed by atoms with Crippen molar-refractivity contribution in [3.63, 3.8) is 0 Å². The Morgan fingerprint density at radius 3 is 2.23 bits per heavy atom. The van der Waals surface area contributed by atoms with E-state index in [0.29, 0.717) is 5.56 Å². The number of anilines is 3. The van der Waals surface area contributed by atoms with Crippen LogP contribution in [0.25, 0.3) is 0 Å². The Morgan fingerprint density at radius 1 is 0.923 bits per heavy atom. The number of halogens is 1. The van der Waals surface area contributed by atoms with Crippen molar-refractivity contribution in [2.75, 3.05) is 10.0 Å². The number of sulfonamides is 1. The van der Waals surface area contributed by atoms with Crippen LogP contribution in [0.5, 0.6) is 0 Å². The topological polar surface area (TPSA) is 71.1 Å². The van der Waals surface area contributed by atoms with Gasteiger partial charge >= 0.3 is 0 Å². The molecule has 7 heteroatoms. The van der Waals surface area contributed by atoms with E-state index < -0.39 is 15.8 Å². The van der Waals surface area contributed by atoms with E-state index in [0.717, 1.165) is 23.0 Å². The summed E-state index contributed by atoms with van der Waals surface area (Å²) < 4.78 is 40.5. The van der Waals surface area contributed by atoms with E-state index in [1.807, 2.05) is 31.2 Å². The molecule has 0 aliphatic heterocycles. The van der Waals surface area contributed by atoms with Gasteiger partial charge in [0.2, 0.25) is 0 Å². The van der Waals surface area contributed by atoms with Gasteiger partial charge in [-0.05, 0) is 61.9 Å². The van der Waals surface area contributed by atoms with Crippen LogP contribution >= 0.6 is 0 Å². The smallest absolute Gasteiger partial charge is 0.263 e. The zero-order chi connectivity index (χ0) is 18.7. The SMILES string of the molecule is Cc1ccc(Nc2ccc(NS(=O)(=O)c3ccc(F)cc3C)nc2)cc1. The zero-order valence-electron chi connectivity index (χ0n) is 14.3. The number of nitrogens with zero attached hydrogens (tertiary/aromatic N) is 1. The van der Waals surface area contributed by atoms with Crippen molar-refractivity contribution in [1.29, 1.82) is 0 Å². The van der Waals surface area contributed by atoms with Crippen molar-refractivity contribution in [3.05, 3.63) is 77.7 Å². The number of nitrogens with one attached hydrogen (secondary N) is 2. The van der Waals surface area contributed by atoms with Crippen molar-refractivity contribution >= 4 is 27.2 Å². The molecule has 0 fully saturated rings. The number of hydrogen-bond acceptors (Lipinski definition) is 4. The van der Waals surface area contributed by atoms with Gasteiger partial charge in [0.25, 0.3) is 10.0 Å². The maximum absolute atomic E-state index is 13.2. The largest absolute Gasteiger partial charge is 0.354 e. The van der Waals surface area contributed by atoms with Gasteiger partial charge in [0.1, 0.15) is 11.6 Å². The summed E-state index contributed by atoms with van der Waals surface area (Å²) in [6.07, 6.45) is 1.54. The van der Waals surface area contributed by atoms with Gasteiger partial charge in [0.15, 0.2) is 0 Å². The molecular formula is C19H18FN3O2S. The number of aryl methyl sites for hydroxylation is 2. The first kappa shape index (κ1) is 17.9. The molecule has 0 bridgehead atoms. The molecule has 26 heavy (non-hydrogen) atoms. The van der Waals surface area contributed by atoms with Crippen molar-refractivity contribution < 1.29 is 12.8 Å². The molecule has 1 aromatic heterocycles. The second kappa shape index (κ2) is 7.13. The first-order valence-electron chi connectivity index (χ1n) is 7.92. The quantitative estimate of drug-likeness (QED) is 0.698. The van der Waals surface area contributed by atoms with Gasteiger partial charge in [-0.3, -0.25) is 4.72 Å². The number of aromatic nitrogens is 1. The normalized spacial score (nSPS) is 11.2. The first-order valence-corrected chi connectivity index (χ1v) is 9.40. The van der Waals surface area contributed by atoms with E-state index in [-0.39, 0.29) is 10.7 Å². The van der Waals surface area contributed by atoms with Gasteiger partial charge in [-0.15, -0.1) is 0 Å². The molecule has 0 aliphatic rings. The fourth-order valence-corrected chi connectivity index (χ4v) is 3.67. The summed E-state index contributed by atoms with van der Waals surface area (Å²) in [6.45, 7) is 3.55. The molecule has 3 rings (SSSR count). The van der Waals surface area contributed by atoms with Crippen LogP contribution in [0.2, 0.25) is 0 Å². The molecule has 0 unspecified atom stereocenters. The lowest BCUT2D eigenvalue weighted by molar-refractivity contribution is 0.598. The van der Waals surface area contributed by atoms with Crippen molar-refractivity contribution in [1.82, 2.24) is 4.98 Å². The molecule has 0 aliphatic carbocycles. The summed E-state index contributed by atoms with van der Waals surface area (Å²) in [7, 11) is -3.84. The van der Waals surface area contributed by atoms with E-state index in [4.69, 9.17) is 0 Å². The van der Waals surface area contributed by atoms with Crippen LogP contribution in [0.15, 0.2) is 65.7 Å². The molecule has 0 saturated carbocycles. The minimum Gasteiger partial charge on any atom is -0.354 e. The van der Waals surface area contributed by atoms with Crippen LogP contribution < -0.4 is 10.0 Å². The first-order chi connectivity index (χ1) is 12.3. The molecular weight excluding hydrogens is 353 g/mol. The summed E-state index contributed by atoms with van der Waals surface area (Å²) in [5, 5.41) is 3.19. The number of hydrogen-bond donors (Lipinski definition) is 2. The lowest BCUT2D eigenvalue weighted by Gasteiger charge is -2.11. The maximum Gasteiger partial charge on any atom is 0.263 e.